The minimum absolute atomic E-state index is 0.0617. The molecule has 0 aromatic carbocycles. The second-order valence-electron chi connectivity index (χ2n) is 6.23. The smallest absolute Gasteiger partial charge is 0.323 e. The Hall–Kier alpha value is -3.49. The highest BCUT2D eigenvalue weighted by Crippen LogP contribution is 2.12. The van der Waals surface area contributed by atoms with Crippen molar-refractivity contribution in [1.29, 1.82) is 0 Å². The number of rotatable bonds is 1. The van der Waals surface area contributed by atoms with Gasteiger partial charge >= 0.3 is 6.03 Å². The van der Waals surface area contributed by atoms with Crippen molar-refractivity contribution in [1.82, 2.24) is 34.2 Å². The molecular formula is C18H20N8O. The number of urea groups is 1. The number of aromatic amines is 1. The predicted octanol–water partition coefficient (Wildman–Crippen LogP) is 2.71. The second kappa shape index (κ2) is 7.81. The van der Waals surface area contributed by atoms with Gasteiger partial charge in [-0.2, -0.15) is 0 Å². The molecule has 0 spiro atoms. The number of fused-ring (bicyclic) bond motifs is 3. The summed E-state index contributed by atoms with van der Waals surface area (Å²) in [5, 5.41) is 2.75. The van der Waals surface area contributed by atoms with Crippen molar-refractivity contribution in [3.63, 3.8) is 0 Å². The molecule has 1 fully saturated rings. The second-order valence-corrected chi connectivity index (χ2v) is 6.23. The SMILES string of the molecule is O=C(Nc1ccncn1)N1CCCCC1.c1cc2c(ncc3cncn32)[nH]1. The zero-order chi connectivity index (χ0) is 18.5. The van der Waals surface area contributed by atoms with Crippen LogP contribution in [0.4, 0.5) is 10.6 Å². The number of hydrogen-bond acceptors (Lipinski definition) is 5. The molecule has 5 heterocycles. The third-order valence-corrected chi connectivity index (χ3v) is 4.42. The number of carbonyl (C=O) groups is 1. The van der Waals surface area contributed by atoms with E-state index in [4.69, 9.17) is 0 Å². The van der Waals surface area contributed by atoms with Gasteiger partial charge in [-0.25, -0.2) is 24.7 Å². The van der Waals surface area contributed by atoms with E-state index >= 15 is 0 Å². The summed E-state index contributed by atoms with van der Waals surface area (Å²) in [7, 11) is 0. The summed E-state index contributed by atoms with van der Waals surface area (Å²) >= 11 is 0. The lowest BCUT2D eigenvalue weighted by atomic mass is 10.1. The minimum atomic E-state index is -0.0617. The number of amides is 2. The molecule has 5 rings (SSSR count). The van der Waals surface area contributed by atoms with Gasteiger partial charge in [0, 0.05) is 25.5 Å². The minimum Gasteiger partial charge on any atom is -0.345 e. The Morgan fingerprint density at radius 2 is 1.96 bits per heavy atom. The summed E-state index contributed by atoms with van der Waals surface area (Å²) in [6, 6.07) is 3.60. The van der Waals surface area contributed by atoms with Crippen molar-refractivity contribution in [2.75, 3.05) is 18.4 Å². The molecule has 4 aromatic rings. The van der Waals surface area contributed by atoms with Gasteiger partial charge in [-0.1, -0.05) is 0 Å². The Balaban J connectivity index is 0.000000136. The Kier molecular flexibility index (Phi) is 4.91. The van der Waals surface area contributed by atoms with Gasteiger partial charge in [-0.3, -0.25) is 9.72 Å². The van der Waals surface area contributed by atoms with Gasteiger partial charge < -0.3 is 9.88 Å². The van der Waals surface area contributed by atoms with Gasteiger partial charge in [0.1, 0.15) is 12.1 Å². The molecule has 0 unspecified atom stereocenters. The van der Waals surface area contributed by atoms with Crippen molar-refractivity contribution in [3.8, 4) is 0 Å². The summed E-state index contributed by atoms with van der Waals surface area (Å²) in [6.45, 7) is 1.69. The Bertz CT molecular complexity index is 970. The van der Waals surface area contributed by atoms with Crippen LogP contribution in [0.15, 0.2) is 49.6 Å². The number of carbonyl (C=O) groups excluding carboxylic acids is 1. The van der Waals surface area contributed by atoms with Crippen molar-refractivity contribution < 1.29 is 4.79 Å². The number of nitrogens with one attached hydrogen (secondary N) is 2. The van der Waals surface area contributed by atoms with Crippen LogP contribution in [-0.4, -0.2) is 53.3 Å². The first-order valence-electron chi connectivity index (χ1n) is 8.87. The van der Waals surface area contributed by atoms with E-state index in [9.17, 15) is 4.79 Å². The Morgan fingerprint density at radius 3 is 2.78 bits per heavy atom. The van der Waals surface area contributed by atoms with Crippen LogP contribution in [0.25, 0.3) is 16.7 Å². The topological polar surface area (TPSA) is 104 Å². The lowest BCUT2D eigenvalue weighted by molar-refractivity contribution is 0.200. The average Bonchev–Trinajstić information content (AvgIpc) is 3.38. The van der Waals surface area contributed by atoms with Gasteiger partial charge in [0.25, 0.3) is 0 Å². The molecule has 0 atom stereocenters. The Morgan fingerprint density at radius 1 is 1.07 bits per heavy atom. The van der Waals surface area contributed by atoms with Crippen LogP contribution in [0.1, 0.15) is 19.3 Å². The molecule has 27 heavy (non-hydrogen) atoms. The van der Waals surface area contributed by atoms with Crippen LogP contribution >= 0.6 is 0 Å². The van der Waals surface area contributed by atoms with Gasteiger partial charge in [-0.05, 0) is 31.4 Å². The number of imidazole rings is 1. The molecule has 2 N–H and O–H groups in total. The van der Waals surface area contributed by atoms with E-state index in [-0.39, 0.29) is 6.03 Å². The summed E-state index contributed by atoms with van der Waals surface area (Å²) < 4.78 is 2.00. The first-order chi connectivity index (χ1) is 13.3. The highest BCUT2D eigenvalue weighted by molar-refractivity contribution is 5.88. The van der Waals surface area contributed by atoms with Crippen molar-refractivity contribution in [2.24, 2.45) is 0 Å². The molecule has 0 aliphatic carbocycles. The first-order valence-corrected chi connectivity index (χ1v) is 8.87. The summed E-state index contributed by atoms with van der Waals surface area (Å²) in [5.41, 5.74) is 2.97. The molecule has 1 aliphatic rings. The number of piperidine rings is 1. The third kappa shape index (κ3) is 3.86. The van der Waals surface area contributed by atoms with E-state index in [1.165, 1.54) is 12.7 Å². The number of anilines is 1. The number of hydrogen-bond donors (Lipinski definition) is 2. The predicted molar refractivity (Wildman–Crippen MR) is 101 cm³/mol. The molecule has 0 radical (unpaired) electrons. The van der Waals surface area contributed by atoms with Crippen LogP contribution in [-0.2, 0) is 0 Å². The molecule has 4 aromatic heterocycles. The van der Waals surface area contributed by atoms with Crippen LogP contribution in [0, 0.1) is 0 Å². The number of aromatic nitrogens is 6. The van der Waals surface area contributed by atoms with Crippen LogP contribution < -0.4 is 5.32 Å². The number of H-pyrrole nitrogens is 1. The van der Waals surface area contributed by atoms with Crippen molar-refractivity contribution >= 4 is 28.5 Å². The van der Waals surface area contributed by atoms with E-state index in [0.717, 1.165) is 42.6 Å². The zero-order valence-corrected chi connectivity index (χ0v) is 14.7. The molecule has 1 saturated heterocycles. The molecule has 0 saturated carbocycles. The summed E-state index contributed by atoms with van der Waals surface area (Å²) in [5.74, 6) is 0.556. The molecule has 9 nitrogen and oxygen atoms in total. The highest BCUT2D eigenvalue weighted by atomic mass is 16.2. The van der Waals surface area contributed by atoms with E-state index in [1.54, 1.807) is 31.0 Å². The van der Waals surface area contributed by atoms with Gasteiger partial charge in [-0.15, -0.1) is 0 Å². The molecule has 9 heteroatoms. The van der Waals surface area contributed by atoms with Crippen LogP contribution in [0.2, 0.25) is 0 Å². The maximum Gasteiger partial charge on any atom is 0.323 e. The van der Waals surface area contributed by atoms with Crippen LogP contribution in [0.5, 0.6) is 0 Å². The normalized spacial score (nSPS) is 14.0. The van der Waals surface area contributed by atoms with Crippen LogP contribution in [0.3, 0.4) is 0 Å². The summed E-state index contributed by atoms with van der Waals surface area (Å²) in [4.78, 5) is 32.6. The van der Waals surface area contributed by atoms with E-state index < -0.39 is 0 Å². The number of likely N-dealkylation sites (tertiary alicyclic amines) is 1. The zero-order valence-electron chi connectivity index (χ0n) is 14.7. The Labute approximate surface area is 155 Å². The quantitative estimate of drug-likeness (QED) is 0.540. The lowest BCUT2D eigenvalue weighted by Gasteiger charge is -2.26. The average molecular weight is 364 g/mol. The number of nitrogens with zero attached hydrogens (tertiary/aromatic N) is 6. The standard InChI is InChI=1S/C10H14N4O.C8H6N4/c15-10(14-6-2-1-3-7-14)13-9-4-5-11-8-12-9;1-2-10-8-7(1)12-5-9-3-6(12)4-11-8/h4-5,8H,1-3,6-7H2,(H,11,12,13,15);1-5,10H. The molecule has 2 amide bonds. The summed E-state index contributed by atoms with van der Waals surface area (Å²) in [6.07, 6.45) is 13.7. The van der Waals surface area contributed by atoms with E-state index in [2.05, 4.69) is 30.2 Å². The molecule has 1 aliphatic heterocycles. The molecule has 138 valence electrons. The maximum absolute atomic E-state index is 11.7. The van der Waals surface area contributed by atoms with Crippen molar-refractivity contribution in [3.05, 3.63) is 49.6 Å². The fraction of sp³-hybridized carbons (Fsp3) is 0.278. The molecule has 0 bridgehead atoms. The van der Waals surface area contributed by atoms with Gasteiger partial charge in [0.05, 0.1) is 29.8 Å². The van der Waals surface area contributed by atoms with E-state index in [1.807, 2.05) is 21.6 Å². The highest BCUT2D eigenvalue weighted by Gasteiger charge is 2.16. The van der Waals surface area contributed by atoms with Crippen molar-refractivity contribution in [2.45, 2.75) is 19.3 Å². The third-order valence-electron chi connectivity index (χ3n) is 4.42. The fourth-order valence-electron chi connectivity index (χ4n) is 3.03. The van der Waals surface area contributed by atoms with Gasteiger partial charge in [0.15, 0.2) is 5.65 Å². The maximum atomic E-state index is 11.7. The largest absolute Gasteiger partial charge is 0.345 e. The van der Waals surface area contributed by atoms with E-state index in [0.29, 0.717) is 5.82 Å². The van der Waals surface area contributed by atoms with Gasteiger partial charge in [0.2, 0.25) is 0 Å². The molecular weight excluding hydrogens is 344 g/mol. The monoisotopic (exact) mass is 364 g/mol. The lowest BCUT2D eigenvalue weighted by Crippen LogP contribution is -2.38. The fourth-order valence-corrected chi connectivity index (χ4v) is 3.03. The first kappa shape index (κ1) is 17.0.